The summed E-state index contributed by atoms with van der Waals surface area (Å²) in [6.45, 7) is 0.368. The topological polar surface area (TPSA) is 24.9 Å². The van der Waals surface area contributed by atoms with Gasteiger partial charge in [0, 0.05) is 6.54 Å². The summed E-state index contributed by atoms with van der Waals surface area (Å²) >= 11 is 9.01. The van der Waals surface area contributed by atoms with Crippen LogP contribution >= 0.6 is 27.5 Å². The highest BCUT2D eigenvalue weighted by Crippen LogP contribution is 2.23. The maximum Gasteiger partial charge on any atom is 0.159 e. The molecule has 0 bridgehead atoms. The van der Waals surface area contributed by atoms with Crippen molar-refractivity contribution >= 4 is 33.2 Å². The number of nitrogens with one attached hydrogen (secondary N) is 1. The number of halogens is 4. The van der Waals surface area contributed by atoms with E-state index in [2.05, 4.69) is 26.2 Å². The van der Waals surface area contributed by atoms with Gasteiger partial charge in [-0.15, -0.1) is 0 Å². The molecule has 0 aliphatic rings. The first-order valence-electron chi connectivity index (χ1n) is 5.05. The molecule has 2 aromatic rings. The molecule has 0 atom stereocenters. The molecule has 0 unspecified atom stereocenters. The number of benzene rings is 1. The van der Waals surface area contributed by atoms with E-state index in [9.17, 15) is 8.78 Å². The van der Waals surface area contributed by atoms with Gasteiger partial charge in [-0.2, -0.15) is 0 Å². The Balaban J connectivity index is 2.06. The van der Waals surface area contributed by atoms with E-state index in [1.54, 1.807) is 12.3 Å². The molecular formula is C12H8BrClF2N2. The van der Waals surface area contributed by atoms with Gasteiger partial charge in [0.1, 0.15) is 5.15 Å². The molecule has 1 N–H and O–H groups in total. The predicted octanol–water partition coefficient (Wildman–Crippen LogP) is 4.39. The van der Waals surface area contributed by atoms with Crippen molar-refractivity contribution in [2.45, 2.75) is 6.54 Å². The van der Waals surface area contributed by atoms with Gasteiger partial charge in [-0.3, -0.25) is 0 Å². The molecule has 0 radical (unpaired) electrons. The Morgan fingerprint density at radius 3 is 2.67 bits per heavy atom. The van der Waals surface area contributed by atoms with Crippen LogP contribution in [0.25, 0.3) is 0 Å². The van der Waals surface area contributed by atoms with Crippen LogP contribution < -0.4 is 5.32 Å². The zero-order valence-electron chi connectivity index (χ0n) is 9.05. The maximum atomic E-state index is 13.0. The van der Waals surface area contributed by atoms with Gasteiger partial charge in [0.25, 0.3) is 0 Å². The van der Waals surface area contributed by atoms with E-state index in [0.29, 0.717) is 21.7 Å². The summed E-state index contributed by atoms with van der Waals surface area (Å²) in [6.07, 6.45) is 1.56. The largest absolute Gasteiger partial charge is 0.380 e. The summed E-state index contributed by atoms with van der Waals surface area (Å²) in [5.74, 6) is -1.71. The monoisotopic (exact) mass is 332 g/mol. The van der Waals surface area contributed by atoms with Crippen LogP contribution in [-0.2, 0) is 6.54 Å². The number of nitrogens with zero attached hydrogens (tertiary/aromatic N) is 1. The van der Waals surface area contributed by atoms with Crippen molar-refractivity contribution in [3.8, 4) is 0 Å². The van der Waals surface area contributed by atoms with Crippen LogP contribution in [0.5, 0.6) is 0 Å². The SMILES string of the molecule is Fc1ccc(CNc2cnc(Cl)c(Br)c2)cc1F. The molecular weight excluding hydrogens is 325 g/mol. The third-order valence-electron chi connectivity index (χ3n) is 2.28. The van der Waals surface area contributed by atoms with Crippen molar-refractivity contribution < 1.29 is 8.78 Å². The first-order valence-corrected chi connectivity index (χ1v) is 6.22. The molecule has 0 saturated carbocycles. The lowest BCUT2D eigenvalue weighted by molar-refractivity contribution is 0.507. The third kappa shape index (κ3) is 3.17. The Kier molecular flexibility index (Phi) is 4.14. The summed E-state index contributed by atoms with van der Waals surface area (Å²) in [5.41, 5.74) is 1.37. The third-order valence-corrected chi connectivity index (χ3v) is 3.41. The van der Waals surface area contributed by atoms with Crippen molar-refractivity contribution in [3.63, 3.8) is 0 Å². The van der Waals surface area contributed by atoms with Crippen LogP contribution in [0.1, 0.15) is 5.56 Å². The molecule has 18 heavy (non-hydrogen) atoms. The lowest BCUT2D eigenvalue weighted by atomic mass is 10.2. The number of pyridine rings is 1. The van der Waals surface area contributed by atoms with E-state index in [4.69, 9.17) is 11.6 Å². The minimum Gasteiger partial charge on any atom is -0.380 e. The standard InChI is InChI=1S/C12H8BrClF2N2/c13-9-4-8(6-18-12(9)14)17-5-7-1-2-10(15)11(16)3-7/h1-4,6,17H,5H2. The van der Waals surface area contributed by atoms with Crippen molar-refractivity contribution in [1.29, 1.82) is 0 Å². The summed E-state index contributed by atoms with van der Waals surface area (Å²) in [6, 6.07) is 5.53. The zero-order valence-corrected chi connectivity index (χ0v) is 11.4. The minimum atomic E-state index is -0.857. The average molecular weight is 334 g/mol. The Morgan fingerprint density at radius 2 is 2.00 bits per heavy atom. The van der Waals surface area contributed by atoms with Crippen LogP contribution in [0.2, 0.25) is 5.15 Å². The molecule has 6 heteroatoms. The van der Waals surface area contributed by atoms with Gasteiger partial charge in [-0.1, -0.05) is 17.7 Å². The predicted molar refractivity (Wildman–Crippen MR) is 70.6 cm³/mol. The molecule has 0 amide bonds. The van der Waals surface area contributed by atoms with E-state index >= 15 is 0 Å². The molecule has 0 aliphatic heterocycles. The fraction of sp³-hybridized carbons (Fsp3) is 0.0833. The Labute approximate surface area is 116 Å². The lowest BCUT2D eigenvalue weighted by Gasteiger charge is -2.07. The Morgan fingerprint density at radius 1 is 1.22 bits per heavy atom. The second-order valence-corrected chi connectivity index (χ2v) is 4.81. The highest BCUT2D eigenvalue weighted by molar-refractivity contribution is 9.10. The molecule has 1 heterocycles. The van der Waals surface area contributed by atoms with Gasteiger partial charge in [-0.25, -0.2) is 13.8 Å². The smallest absolute Gasteiger partial charge is 0.159 e. The number of hydrogen-bond donors (Lipinski definition) is 1. The lowest BCUT2D eigenvalue weighted by Crippen LogP contribution is -2.01. The van der Waals surface area contributed by atoms with Crippen molar-refractivity contribution in [1.82, 2.24) is 4.98 Å². The number of rotatable bonds is 3. The minimum absolute atomic E-state index is 0.368. The second kappa shape index (κ2) is 5.63. The van der Waals surface area contributed by atoms with Crippen LogP contribution in [0.3, 0.4) is 0 Å². The first kappa shape index (κ1) is 13.2. The van der Waals surface area contributed by atoms with E-state index in [1.165, 1.54) is 6.07 Å². The highest BCUT2D eigenvalue weighted by Gasteiger charge is 2.03. The summed E-state index contributed by atoms with van der Waals surface area (Å²) in [5, 5.41) is 3.40. The van der Waals surface area contributed by atoms with Crippen LogP contribution in [0.15, 0.2) is 34.9 Å². The average Bonchev–Trinajstić information content (AvgIpc) is 2.35. The van der Waals surface area contributed by atoms with Crippen molar-refractivity contribution in [3.05, 3.63) is 57.3 Å². The maximum absolute atomic E-state index is 13.0. The van der Waals surface area contributed by atoms with Gasteiger partial charge >= 0.3 is 0 Å². The molecule has 0 fully saturated rings. The molecule has 2 nitrogen and oxygen atoms in total. The quantitative estimate of drug-likeness (QED) is 0.843. The molecule has 1 aromatic heterocycles. The van der Waals surface area contributed by atoms with Gasteiger partial charge in [0.15, 0.2) is 11.6 Å². The zero-order chi connectivity index (χ0) is 13.1. The molecule has 2 rings (SSSR count). The van der Waals surface area contributed by atoms with E-state index in [-0.39, 0.29) is 0 Å². The Hall–Kier alpha value is -1.20. The van der Waals surface area contributed by atoms with Gasteiger partial charge < -0.3 is 5.32 Å². The van der Waals surface area contributed by atoms with Gasteiger partial charge in [0.05, 0.1) is 16.4 Å². The molecule has 0 spiro atoms. The van der Waals surface area contributed by atoms with Crippen molar-refractivity contribution in [2.24, 2.45) is 0 Å². The molecule has 94 valence electrons. The van der Waals surface area contributed by atoms with Gasteiger partial charge in [-0.05, 0) is 39.7 Å². The van der Waals surface area contributed by atoms with Crippen molar-refractivity contribution in [2.75, 3.05) is 5.32 Å². The number of hydrogen-bond acceptors (Lipinski definition) is 2. The molecule has 0 aliphatic carbocycles. The van der Waals surface area contributed by atoms with E-state index in [0.717, 1.165) is 17.8 Å². The van der Waals surface area contributed by atoms with E-state index in [1.807, 2.05) is 0 Å². The fourth-order valence-corrected chi connectivity index (χ4v) is 1.82. The van der Waals surface area contributed by atoms with Crippen LogP contribution in [0, 0.1) is 11.6 Å². The van der Waals surface area contributed by atoms with E-state index < -0.39 is 11.6 Å². The highest BCUT2D eigenvalue weighted by atomic mass is 79.9. The summed E-state index contributed by atoms with van der Waals surface area (Å²) < 4.78 is 26.4. The Bertz CT molecular complexity index is 526. The fourth-order valence-electron chi connectivity index (χ4n) is 1.37. The normalized spacial score (nSPS) is 10.4. The second-order valence-electron chi connectivity index (χ2n) is 3.60. The molecule has 1 aromatic carbocycles. The first-order chi connectivity index (χ1) is 8.56. The summed E-state index contributed by atoms with van der Waals surface area (Å²) in [4.78, 5) is 3.94. The van der Waals surface area contributed by atoms with Crippen LogP contribution in [-0.4, -0.2) is 4.98 Å². The number of anilines is 1. The van der Waals surface area contributed by atoms with Gasteiger partial charge in [0.2, 0.25) is 0 Å². The number of aromatic nitrogens is 1. The van der Waals surface area contributed by atoms with Crippen LogP contribution in [0.4, 0.5) is 14.5 Å². The summed E-state index contributed by atoms with van der Waals surface area (Å²) in [7, 11) is 0. The molecule has 0 saturated heterocycles.